The summed E-state index contributed by atoms with van der Waals surface area (Å²) in [6.45, 7) is 1.03. The highest BCUT2D eigenvalue weighted by Crippen LogP contribution is 2.27. The highest BCUT2D eigenvalue weighted by molar-refractivity contribution is 7.17. The van der Waals surface area contributed by atoms with Crippen LogP contribution in [0.15, 0.2) is 6.20 Å². The van der Waals surface area contributed by atoms with Crippen LogP contribution in [0.25, 0.3) is 0 Å². The Hall–Kier alpha value is -1.01. The summed E-state index contributed by atoms with van der Waals surface area (Å²) < 4.78 is 6.20. The average Bonchev–Trinajstić information content (AvgIpc) is 2.65. The molecular weight excluding hydrogens is 252 g/mol. The summed E-state index contributed by atoms with van der Waals surface area (Å²) in [5.41, 5.74) is 0. The number of ether oxygens (including phenoxy) is 1. The molecule has 7 heteroatoms. The van der Waals surface area contributed by atoms with Crippen LogP contribution in [0.4, 0.5) is 4.79 Å². The third-order valence-electron chi connectivity index (χ3n) is 2.44. The Morgan fingerprint density at radius 1 is 1.62 bits per heavy atom. The molecule has 1 N–H and O–H groups in total. The van der Waals surface area contributed by atoms with E-state index in [1.54, 1.807) is 6.20 Å². The Balaban J connectivity index is 1.83. The van der Waals surface area contributed by atoms with Crippen LogP contribution in [0.5, 0.6) is 5.19 Å². The minimum absolute atomic E-state index is 0.0396. The molecule has 88 valence electrons. The Labute approximate surface area is 102 Å². The van der Waals surface area contributed by atoms with Crippen molar-refractivity contribution in [3.63, 3.8) is 0 Å². The van der Waals surface area contributed by atoms with E-state index in [9.17, 15) is 4.79 Å². The van der Waals surface area contributed by atoms with Gasteiger partial charge in [0.25, 0.3) is 5.19 Å². The summed E-state index contributed by atoms with van der Waals surface area (Å²) in [6, 6.07) is 0. The van der Waals surface area contributed by atoms with Gasteiger partial charge < -0.3 is 14.7 Å². The molecule has 0 aromatic carbocycles. The molecule has 16 heavy (non-hydrogen) atoms. The van der Waals surface area contributed by atoms with E-state index in [4.69, 9.17) is 21.4 Å². The molecule has 2 heterocycles. The number of piperidine rings is 1. The van der Waals surface area contributed by atoms with Gasteiger partial charge in [-0.15, -0.1) is 0 Å². The van der Waals surface area contributed by atoms with Gasteiger partial charge in [-0.3, -0.25) is 0 Å². The summed E-state index contributed by atoms with van der Waals surface area (Å²) in [6.07, 6.45) is 2.12. The first kappa shape index (κ1) is 11.5. The zero-order valence-electron chi connectivity index (χ0n) is 8.43. The molecule has 1 amide bonds. The standard InChI is InChI=1S/C9H11ClN2O3S/c10-7-5-11-8(16-7)15-6-1-3-12(4-2-6)9(13)14/h5-6H,1-4H2,(H,13,14). The fourth-order valence-electron chi connectivity index (χ4n) is 1.60. The van der Waals surface area contributed by atoms with Crippen molar-refractivity contribution in [2.24, 2.45) is 0 Å². The van der Waals surface area contributed by atoms with Crippen LogP contribution in [0, 0.1) is 0 Å². The number of nitrogens with zero attached hydrogens (tertiary/aromatic N) is 2. The highest BCUT2D eigenvalue weighted by Gasteiger charge is 2.23. The second-order valence-electron chi connectivity index (χ2n) is 3.52. The molecule has 1 aromatic rings. The van der Waals surface area contributed by atoms with Crippen LogP contribution < -0.4 is 4.74 Å². The monoisotopic (exact) mass is 262 g/mol. The molecule has 0 bridgehead atoms. The number of amides is 1. The molecular formula is C9H11ClN2O3S. The first-order valence-corrected chi connectivity index (χ1v) is 6.10. The zero-order valence-corrected chi connectivity index (χ0v) is 10.00. The number of rotatable bonds is 2. The van der Waals surface area contributed by atoms with Crippen molar-refractivity contribution in [2.75, 3.05) is 13.1 Å². The Morgan fingerprint density at radius 3 is 2.81 bits per heavy atom. The number of hydrogen-bond acceptors (Lipinski definition) is 4. The van der Waals surface area contributed by atoms with E-state index in [-0.39, 0.29) is 6.10 Å². The highest BCUT2D eigenvalue weighted by atomic mass is 35.5. The molecule has 1 aliphatic heterocycles. The van der Waals surface area contributed by atoms with Crippen molar-refractivity contribution in [1.82, 2.24) is 9.88 Å². The van der Waals surface area contributed by atoms with Gasteiger partial charge in [0, 0.05) is 25.9 Å². The van der Waals surface area contributed by atoms with Gasteiger partial charge >= 0.3 is 6.09 Å². The Kier molecular flexibility index (Phi) is 3.50. The molecule has 5 nitrogen and oxygen atoms in total. The number of halogens is 1. The van der Waals surface area contributed by atoms with Gasteiger partial charge in [0.1, 0.15) is 10.4 Å². The van der Waals surface area contributed by atoms with E-state index in [1.165, 1.54) is 16.2 Å². The average molecular weight is 263 g/mol. The second-order valence-corrected chi connectivity index (χ2v) is 5.14. The van der Waals surface area contributed by atoms with Gasteiger partial charge in [-0.2, -0.15) is 0 Å². The topological polar surface area (TPSA) is 62.7 Å². The number of carbonyl (C=O) groups is 1. The van der Waals surface area contributed by atoms with E-state index in [0.29, 0.717) is 35.5 Å². The summed E-state index contributed by atoms with van der Waals surface area (Å²) in [4.78, 5) is 16.1. The predicted molar refractivity (Wildman–Crippen MR) is 60.4 cm³/mol. The number of carboxylic acid groups (broad SMARTS) is 1. The van der Waals surface area contributed by atoms with Gasteiger partial charge in [0.2, 0.25) is 0 Å². The summed E-state index contributed by atoms with van der Waals surface area (Å²) >= 11 is 7.02. The number of likely N-dealkylation sites (tertiary alicyclic amines) is 1. The summed E-state index contributed by atoms with van der Waals surface area (Å²) in [5, 5.41) is 9.33. The van der Waals surface area contributed by atoms with Gasteiger partial charge in [0.05, 0.1) is 6.20 Å². The normalized spacial score (nSPS) is 17.4. The molecule has 0 spiro atoms. The van der Waals surface area contributed by atoms with E-state index in [1.807, 2.05) is 0 Å². The third kappa shape index (κ3) is 2.76. The number of aromatic nitrogens is 1. The fourth-order valence-corrected chi connectivity index (χ4v) is 2.41. The molecule has 0 radical (unpaired) electrons. The van der Waals surface area contributed by atoms with Crippen LogP contribution >= 0.6 is 22.9 Å². The van der Waals surface area contributed by atoms with Crippen molar-refractivity contribution < 1.29 is 14.6 Å². The van der Waals surface area contributed by atoms with Crippen molar-refractivity contribution in [3.8, 4) is 5.19 Å². The number of thiazole rings is 1. The molecule has 0 saturated carbocycles. The third-order valence-corrected chi connectivity index (χ3v) is 3.44. The van der Waals surface area contributed by atoms with Gasteiger partial charge in [-0.1, -0.05) is 22.9 Å². The molecule has 1 aromatic heterocycles. The lowest BCUT2D eigenvalue weighted by molar-refractivity contribution is 0.0893. The molecule has 1 fully saturated rings. The molecule has 0 atom stereocenters. The zero-order chi connectivity index (χ0) is 11.5. The smallest absolute Gasteiger partial charge is 0.407 e. The summed E-state index contributed by atoms with van der Waals surface area (Å²) in [5.74, 6) is 0. The predicted octanol–water partition coefficient (Wildman–Crippen LogP) is 2.32. The van der Waals surface area contributed by atoms with Gasteiger partial charge in [0.15, 0.2) is 0 Å². The molecule has 1 saturated heterocycles. The maximum Gasteiger partial charge on any atom is 0.407 e. The van der Waals surface area contributed by atoms with Gasteiger partial charge in [-0.25, -0.2) is 9.78 Å². The van der Waals surface area contributed by atoms with E-state index in [0.717, 1.165) is 0 Å². The number of hydrogen-bond donors (Lipinski definition) is 1. The van der Waals surface area contributed by atoms with Crippen LogP contribution in [0.3, 0.4) is 0 Å². The van der Waals surface area contributed by atoms with E-state index < -0.39 is 6.09 Å². The Morgan fingerprint density at radius 2 is 2.31 bits per heavy atom. The van der Waals surface area contributed by atoms with Crippen molar-refractivity contribution in [3.05, 3.63) is 10.5 Å². The van der Waals surface area contributed by atoms with E-state index >= 15 is 0 Å². The van der Waals surface area contributed by atoms with Crippen LogP contribution in [0.2, 0.25) is 4.34 Å². The fraction of sp³-hybridized carbons (Fsp3) is 0.556. The minimum Gasteiger partial charge on any atom is -0.467 e. The Bertz CT molecular complexity index is 377. The quantitative estimate of drug-likeness (QED) is 0.888. The first-order valence-electron chi connectivity index (χ1n) is 4.91. The van der Waals surface area contributed by atoms with Crippen LogP contribution in [0.1, 0.15) is 12.8 Å². The minimum atomic E-state index is -0.865. The SMILES string of the molecule is O=C(O)N1CCC(Oc2ncc(Cl)s2)CC1. The maximum atomic E-state index is 10.7. The molecule has 1 aliphatic rings. The molecule has 0 aliphatic carbocycles. The largest absolute Gasteiger partial charge is 0.467 e. The van der Waals surface area contributed by atoms with E-state index in [2.05, 4.69) is 4.98 Å². The van der Waals surface area contributed by atoms with Crippen LogP contribution in [-0.2, 0) is 0 Å². The van der Waals surface area contributed by atoms with Crippen molar-refractivity contribution in [1.29, 1.82) is 0 Å². The summed E-state index contributed by atoms with van der Waals surface area (Å²) in [7, 11) is 0. The molecule has 2 rings (SSSR count). The van der Waals surface area contributed by atoms with Crippen molar-refractivity contribution in [2.45, 2.75) is 18.9 Å². The molecule has 0 unspecified atom stereocenters. The first-order chi connectivity index (χ1) is 7.65. The lowest BCUT2D eigenvalue weighted by Gasteiger charge is -2.29. The lowest BCUT2D eigenvalue weighted by Crippen LogP contribution is -2.41. The van der Waals surface area contributed by atoms with Crippen LogP contribution in [-0.4, -0.2) is 40.3 Å². The second kappa shape index (κ2) is 4.88. The maximum absolute atomic E-state index is 10.7. The lowest BCUT2D eigenvalue weighted by atomic mass is 10.1. The van der Waals surface area contributed by atoms with Gasteiger partial charge in [-0.05, 0) is 0 Å². The van der Waals surface area contributed by atoms with Crippen molar-refractivity contribution >= 4 is 29.0 Å².